The third-order valence-electron chi connectivity index (χ3n) is 4.92. The average Bonchev–Trinajstić information content (AvgIpc) is 3.05. The Morgan fingerprint density at radius 2 is 2.11 bits per heavy atom. The van der Waals surface area contributed by atoms with Crippen LogP contribution in [-0.4, -0.2) is 51.9 Å². The van der Waals surface area contributed by atoms with Gasteiger partial charge in [0.25, 0.3) is 0 Å². The Balaban J connectivity index is 1.54. The molecule has 2 N–H and O–H groups in total. The first-order chi connectivity index (χ1) is 13.0. The molecule has 0 spiro atoms. The predicted octanol–water partition coefficient (Wildman–Crippen LogP) is 0.778. The smallest absolute Gasteiger partial charge is 0.237 e. The summed E-state index contributed by atoms with van der Waals surface area (Å²) < 4.78 is 1.93. The van der Waals surface area contributed by atoms with E-state index in [0.717, 1.165) is 17.9 Å². The quantitative estimate of drug-likeness (QED) is 0.756. The van der Waals surface area contributed by atoms with Gasteiger partial charge in [-0.1, -0.05) is 29.8 Å². The lowest BCUT2D eigenvalue weighted by Gasteiger charge is -2.34. The van der Waals surface area contributed by atoms with Gasteiger partial charge in [0.2, 0.25) is 11.8 Å². The molecule has 1 saturated heterocycles. The normalized spacial score (nSPS) is 17.6. The Morgan fingerprint density at radius 1 is 1.33 bits per heavy atom. The first-order valence-electron chi connectivity index (χ1n) is 9.33. The number of piperazine rings is 1. The lowest BCUT2D eigenvalue weighted by atomic mass is 10.1. The van der Waals surface area contributed by atoms with E-state index in [9.17, 15) is 9.59 Å². The molecule has 0 saturated carbocycles. The monoisotopic (exact) mass is 369 g/mol. The Morgan fingerprint density at radius 3 is 2.81 bits per heavy atom. The molecule has 1 unspecified atom stereocenters. The molecule has 2 amide bonds. The summed E-state index contributed by atoms with van der Waals surface area (Å²) in [5, 5.41) is 5.78. The largest absolute Gasteiger partial charge is 0.356 e. The first-order valence-corrected chi connectivity index (χ1v) is 9.33. The molecule has 3 rings (SSSR count). The summed E-state index contributed by atoms with van der Waals surface area (Å²) >= 11 is 0. The number of nitrogens with zero attached hydrogens (tertiary/aromatic N) is 3. The molecule has 1 aromatic carbocycles. The van der Waals surface area contributed by atoms with Gasteiger partial charge < -0.3 is 15.2 Å². The molecular weight excluding hydrogens is 342 g/mol. The number of rotatable bonds is 7. The molecule has 1 aliphatic heterocycles. The number of hydrogen-bond acceptors (Lipinski definition) is 4. The summed E-state index contributed by atoms with van der Waals surface area (Å²) in [6.45, 7) is 4.58. The summed E-state index contributed by atoms with van der Waals surface area (Å²) in [5.41, 5.74) is 2.36. The van der Waals surface area contributed by atoms with Gasteiger partial charge in [-0.2, -0.15) is 0 Å². The fourth-order valence-corrected chi connectivity index (χ4v) is 3.30. The number of benzene rings is 1. The Hall–Kier alpha value is -2.67. The SMILES string of the molecule is Cc1ccc(CN2CCNC(=O)C2CC(=O)NCCc2nccn2C)cc1. The van der Waals surface area contributed by atoms with E-state index in [1.807, 2.05) is 17.8 Å². The fraction of sp³-hybridized carbons (Fsp3) is 0.450. The van der Waals surface area contributed by atoms with E-state index in [2.05, 4.69) is 51.7 Å². The van der Waals surface area contributed by atoms with E-state index in [-0.39, 0.29) is 18.2 Å². The van der Waals surface area contributed by atoms with Crippen molar-refractivity contribution in [3.63, 3.8) is 0 Å². The van der Waals surface area contributed by atoms with Gasteiger partial charge in [0.1, 0.15) is 5.82 Å². The topological polar surface area (TPSA) is 79.3 Å². The third kappa shape index (κ3) is 5.17. The number of nitrogens with one attached hydrogen (secondary N) is 2. The molecule has 7 heteroatoms. The molecule has 1 atom stereocenters. The molecule has 1 fully saturated rings. The number of carbonyl (C=O) groups is 2. The Labute approximate surface area is 159 Å². The van der Waals surface area contributed by atoms with Gasteiger partial charge in [-0.15, -0.1) is 0 Å². The molecule has 2 aromatic rings. The Kier molecular flexibility index (Phi) is 6.24. The molecule has 27 heavy (non-hydrogen) atoms. The Bertz CT molecular complexity index is 784. The lowest BCUT2D eigenvalue weighted by Crippen LogP contribution is -2.56. The molecule has 1 aromatic heterocycles. The van der Waals surface area contributed by atoms with Gasteiger partial charge in [0.15, 0.2) is 0 Å². The summed E-state index contributed by atoms with van der Waals surface area (Å²) in [4.78, 5) is 31.0. The molecule has 0 bridgehead atoms. The molecule has 0 radical (unpaired) electrons. The second-order valence-electron chi connectivity index (χ2n) is 7.02. The van der Waals surface area contributed by atoms with E-state index in [4.69, 9.17) is 0 Å². The van der Waals surface area contributed by atoms with E-state index >= 15 is 0 Å². The van der Waals surface area contributed by atoms with E-state index in [0.29, 0.717) is 26.1 Å². The number of aryl methyl sites for hydroxylation is 2. The molecular formula is C20H27N5O2. The van der Waals surface area contributed by atoms with Crippen molar-refractivity contribution in [1.82, 2.24) is 25.1 Å². The van der Waals surface area contributed by atoms with Crippen LogP contribution in [0.3, 0.4) is 0 Å². The summed E-state index contributed by atoms with van der Waals surface area (Å²) in [5.74, 6) is 0.736. The van der Waals surface area contributed by atoms with Crippen LogP contribution in [0.5, 0.6) is 0 Å². The number of amides is 2. The number of hydrogen-bond donors (Lipinski definition) is 2. The lowest BCUT2D eigenvalue weighted by molar-refractivity contribution is -0.134. The molecule has 7 nitrogen and oxygen atoms in total. The molecule has 0 aliphatic carbocycles. The average molecular weight is 369 g/mol. The van der Waals surface area contributed by atoms with Crippen LogP contribution < -0.4 is 10.6 Å². The van der Waals surface area contributed by atoms with E-state index < -0.39 is 6.04 Å². The van der Waals surface area contributed by atoms with Gasteiger partial charge in [-0.05, 0) is 12.5 Å². The van der Waals surface area contributed by atoms with Gasteiger partial charge in [-0.3, -0.25) is 14.5 Å². The standard InChI is InChI=1S/C20H27N5O2/c1-15-3-5-16(6-4-15)14-25-12-10-23-20(27)17(25)13-19(26)22-8-7-18-21-9-11-24(18)2/h3-6,9,11,17H,7-8,10,12-14H2,1-2H3,(H,22,26)(H,23,27). The zero-order valence-corrected chi connectivity index (χ0v) is 15.9. The highest BCUT2D eigenvalue weighted by Gasteiger charge is 2.31. The van der Waals surface area contributed by atoms with Crippen molar-refractivity contribution in [3.8, 4) is 0 Å². The maximum absolute atomic E-state index is 12.4. The van der Waals surface area contributed by atoms with Crippen LogP contribution in [0, 0.1) is 6.92 Å². The maximum Gasteiger partial charge on any atom is 0.237 e. The van der Waals surface area contributed by atoms with Crippen LogP contribution >= 0.6 is 0 Å². The van der Waals surface area contributed by atoms with Gasteiger partial charge in [-0.25, -0.2) is 4.98 Å². The minimum Gasteiger partial charge on any atom is -0.356 e. The number of aromatic nitrogens is 2. The van der Waals surface area contributed by atoms with E-state index in [1.165, 1.54) is 5.56 Å². The molecule has 144 valence electrons. The van der Waals surface area contributed by atoms with Crippen LogP contribution in [0.1, 0.15) is 23.4 Å². The minimum atomic E-state index is -0.437. The second kappa shape index (κ2) is 8.81. The van der Waals surface area contributed by atoms with Crippen LogP contribution in [-0.2, 0) is 29.6 Å². The van der Waals surface area contributed by atoms with Crippen molar-refractivity contribution in [2.45, 2.75) is 32.4 Å². The van der Waals surface area contributed by atoms with E-state index in [1.54, 1.807) is 6.20 Å². The molecule has 1 aliphatic rings. The molecule has 2 heterocycles. The first kappa shape index (κ1) is 19.1. The zero-order chi connectivity index (χ0) is 19.2. The predicted molar refractivity (Wildman–Crippen MR) is 103 cm³/mol. The van der Waals surface area contributed by atoms with Crippen LogP contribution in [0.15, 0.2) is 36.7 Å². The second-order valence-corrected chi connectivity index (χ2v) is 7.02. The van der Waals surface area contributed by atoms with Gasteiger partial charge >= 0.3 is 0 Å². The highest BCUT2D eigenvalue weighted by atomic mass is 16.2. The van der Waals surface area contributed by atoms with Gasteiger partial charge in [0.05, 0.1) is 12.5 Å². The number of carbonyl (C=O) groups excluding carboxylic acids is 2. The van der Waals surface area contributed by atoms with Crippen molar-refractivity contribution >= 4 is 11.8 Å². The maximum atomic E-state index is 12.4. The van der Waals surface area contributed by atoms with Crippen molar-refractivity contribution in [2.75, 3.05) is 19.6 Å². The fourth-order valence-electron chi connectivity index (χ4n) is 3.30. The minimum absolute atomic E-state index is 0.0763. The summed E-state index contributed by atoms with van der Waals surface area (Å²) in [6.07, 6.45) is 4.45. The van der Waals surface area contributed by atoms with Crippen molar-refractivity contribution in [1.29, 1.82) is 0 Å². The number of imidazole rings is 1. The van der Waals surface area contributed by atoms with Crippen molar-refractivity contribution in [2.24, 2.45) is 7.05 Å². The summed E-state index contributed by atoms with van der Waals surface area (Å²) in [6, 6.07) is 7.85. The van der Waals surface area contributed by atoms with Crippen LogP contribution in [0.4, 0.5) is 0 Å². The van der Waals surface area contributed by atoms with Crippen molar-refractivity contribution < 1.29 is 9.59 Å². The zero-order valence-electron chi connectivity index (χ0n) is 15.9. The van der Waals surface area contributed by atoms with Crippen molar-refractivity contribution in [3.05, 3.63) is 53.6 Å². The third-order valence-corrected chi connectivity index (χ3v) is 4.92. The van der Waals surface area contributed by atoms with Crippen LogP contribution in [0.25, 0.3) is 0 Å². The highest BCUT2D eigenvalue weighted by Crippen LogP contribution is 2.14. The highest BCUT2D eigenvalue weighted by molar-refractivity contribution is 5.88. The summed E-state index contributed by atoms with van der Waals surface area (Å²) in [7, 11) is 1.93. The van der Waals surface area contributed by atoms with Gasteiger partial charge in [0, 0.05) is 52.0 Å². The van der Waals surface area contributed by atoms with Crippen LogP contribution in [0.2, 0.25) is 0 Å².